The molecule has 0 saturated carbocycles. The summed E-state index contributed by atoms with van der Waals surface area (Å²) < 4.78 is 0. The second-order valence-corrected chi connectivity index (χ2v) is 5.48. The molecule has 3 rings (SSSR count). The van der Waals surface area contributed by atoms with Crippen LogP contribution in [0.15, 0.2) is 42.5 Å². The highest BCUT2D eigenvalue weighted by Gasteiger charge is 2.34. The highest BCUT2D eigenvalue weighted by molar-refractivity contribution is 5.83. The number of hydrogen-bond donors (Lipinski definition) is 1. The number of nitriles is 1. The van der Waals surface area contributed by atoms with Crippen molar-refractivity contribution in [2.75, 3.05) is 26.2 Å². The van der Waals surface area contributed by atoms with Crippen molar-refractivity contribution in [1.82, 2.24) is 10.2 Å². The van der Waals surface area contributed by atoms with Crippen molar-refractivity contribution in [2.24, 2.45) is 0 Å². The van der Waals surface area contributed by atoms with Crippen LogP contribution >= 0.6 is 0 Å². The third kappa shape index (κ3) is 2.18. The SMILES string of the molecule is CC(C#N)(c1ccc2ccccc2c1)N1CCNCC1. The van der Waals surface area contributed by atoms with Crippen LogP contribution in [-0.2, 0) is 5.54 Å². The molecule has 1 N–H and O–H groups in total. The van der Waals surface area contributed by atoms with E-state index in [-0.39, 0.29) is 0 Å². The topological polar surface area (TPSA) is 39.1 Å². The van der Waals surface area contributed by atoms with Crippen LogP contribution in [0.25, 0.3) is 10.8 Å². The van der Waals surface area contributed by atoms with Gasteiger partial charge in [0.05, 0.1) is 6.07 Å². The van der Waals surface area contributed by atoms with Gasteiger partial charge in [0, 0.05) is 26.2 Å². The van der Waals surface area contributed by atoms with Gasteiger partial charge in [0.15, 0.2) is 0 Å². The van der Waals surface area contributed by atoms with E-state index in [1.807, 2.05) is 19.1 Å². The lowest BCUT2D eigenvalue weighted by Crippen LogP contribution is -2.52. The minimum Gasteiger partial charge on any atom is -0.314 e. The Bertz CT molecular complexity index is 653. The zero-order valence-corrected chi connectivity index (χ0v) is 11.8. The Balaban J connectivity index is 2.04. The van der Waals surface area contributed by atoms with Crippen molar-refractivity contribution in [3.05, 3.63) is 48.0 Å². The van der Waals surface area contributed by atoms with Crippen LogP contribution in [0.4, 0.5) is 0 Å². The second kappa shape index (κ2) is 5.24. The van der Waals surface area contributed by atoms with Crippen LogP contribution in [0.1, 0.15) is 12.5 Å². The molecule has 1 heterocycles. The number of benzene rings is 2. The summed E-state index contributed by atoms with van der Waals surface area (Å²) in [5.74, 6) is 0. The average Bonchev–Trinajstić information content (AvgIpc) is 2.54. The molecule has 102 valence electrons. The molecule has 0 spiro atoms. The summed E-state index contributed by atoms with van der Waals surface area (Å²) in [7, 11) is 0. The standard InChI is InChI=1S/C17H19N3/c1-17(13-18,20-10-8-19-9-11-20)16-7-6-14-4-2-3-5-15(14)12-16/h2-7,12,19H,8-11H2,1H3. The van der Waals surface area contributed by atoms with Gasteiger partial charge >= 0.3 is 0 Å². The maximum absolute atomic E-state index is 9.75. The summed E-state index contributed by atoms with van der Waals surface area (Å²) in [6.45, 7) is 5.76. The van der Waals surface area contributed by atoms with Crippen molar-refractivity contribution >= 4 is 10.8 Å². The maximum atomic E-state index is 9.75. The Labute approximate surface area is 119 Å². The smallest absolute Gasteiger partial charge is 0.132 e. The summed E-state index contributed by atoms with van der Waals surface area (Å²) in [6.07, 6.45) is 0. The zero-order valence-electron chi connectivity index (χ0n) is 11.8. The van der Waals surface area contributed by atoms with Gasteiger partial charge in [-0.3, -0.25) is 4.90 Å². The van der Waals surface area contributed by atoms with Crippen LogP contribution in [-0.4, -0.2) is 31.1 Å². The molecule has 1 aliphatic heterocycles. The van der Waals surface area contributed by atoms with Gasteiger partial charge in [-0.05, 0) is 29.3 Å². The number of hydrogen-bond acceptors (Lipinski definition) is 3. The van der Waals surface area contributed by atoms with E-state index in [9.17, 15) is 5.26 Å². The van der Waals surface area contributed by atoms with E-state index in [2.05, 4.69) is 46.6 Å². The van der Waals surface area contributed by atoms with Gasteiger partial charge in [-0.1, -0.05) is 36.4 Å². The molecular formula is C17H19N3. The van der Waals surface area contributed by atoms with Gasteiger partial charge in [-0.2, -0.15) is 5.26 Å². The first-order valence-corrected chi connectivity index (χ1v) is 7.10. The third-order valence-electron chi connectivity index (χ3n) is 4.28. The molecular weight excluding hydrogens is 246 g/mol. The number of nitrogens with one attached hydrogen (secondary N) is 1. The molecule has 20 heavy (non-hydrogen) atoms. The van der Waals surface area contributed by atoms with Gasteiger partial charge in [0.2, 0.25) is 0 Å². The minimum atomic E-state index is -0.549. The Hall–Kier alpha value is -1.89. The summed E-state index contributed by atoms with van der Waals surface area (Å²) in [6, 6.07) is 17.2. The van der Waals surface area contributed by atoms with Crippen molar-refractivity contribution < 1.29 is 0 Å². The third-order valence-corrected chi connectivity index (χ3v) is 4.28. The van der Waals surface area contributed by atoms with Crippen molar-refractivity contribution in [3.8, 4) is 6.07 Å². The van der Waals surface area contributed by atoms with E-state index >= 15 is 0 Å². The predicted molar refractivity (Wildman–Crippen MR) is 81.4 cm³/mol. The molecule has 0 bridgehead atoms. The van der Waals surface area contributed by atoms with E-state index in [4.69, 9.17) is 0 Å². The molecule has 2 aromatic rings. The van der Waals surface area contributed by atoms with E-state index in [1.54, 1.807) is 0 Å². The van der Waals surface area contributed by atoms with Gasteiger partial charge in [0.1, 0.15) is 5.54 Å². The Morgan fingerprint density at radius 1 is 1.10 bits per heavy atom. The fourth-order valence-electron chi connectivity index (χ4n) is 2.92. The molecule has 1 saturated heterocycles. The minimum absolute atomic E-state index is 0.549. The first-order chi connectivity index (χ1) is 9.74. The van der Waals surface area contributed by atoms with E-state index < -0.39 is 5.54 Å². The lowest BCUT2D eigenvalue weighted by molar-refractivity contribution is 0.133. The van der Waals surface area contributed by atoms with E-state index in [0.29, 0.717) is 0 Å². The number of nitrogens with zero attached hydrogens (tertiary/aromatic N) is 2. The molecule has 0 aromatic heterocycles. The normalized spacial score (nSPS) is 19.4. The Morgan fingerprint density at radius 2 is 1.80 bits per heavy atom. The molecule has 3 nitrogen and oxygen atoms in total. The van der Waals surface area contributed by atoms with Crippen molar-refractivity contribution in [2.45, 2.75) is 12.5 Å². The quantitative estimate of drug-likeness (QED) is 0.906. The van der Waals surface area contributed by atoms with Crippen LogP contribution < -0.4 is 5.32 Å². The van der Waals surface area contributed by atoms with Crippen LogP contribution in [0, 0.1) is 11.3 Å². The fraction of sp³-hybridized carbons (Fsp3) is 0.353. The average molecular weight is 265 g/mol. The summed E-state index contributed by atoms with van der Waals surface area (Å²) in [4.78, 5) is 2.27. The first kappa shape index (κ1) is 13.1. The Kier molecular flexibility index (Phi) is 3.43. The summed E-state index contributed by atoms with van der Waals surface area (Å²) in [5.41, 5.74) is 0.534. The maximum Gasteiger partial charge on any atom is 0.132 e. The number of rotatable bonds is 2. The lowest BCUT2D eigenvalue weighted by Gasteiger charge is -2.39. The molecule has 0 radical (unpaired) electrons. The highest BCUT2D eigenvalue weighted by atomic mass is 15.2. The second-order valence-electron chi connectivity index (χ2n) is 5.48. The van der Waals surface area contributed by atoms with Crippen LogP contribution in [0.2, 0.25) is 0 Å². The molecule has 0 aliphatic carbocycles. The molecule has 1 unspecified atom stereocenters. The van der Waals surface area contributed by atoms with Crippen LogP contribution in [0.3, 0.4) is 0 Å². The lowest BCUT2D eigenvalue weighted by atomic mass is 9.89. The van der Waals surface area contributed by atoms with Crippen molar-refractivity contribution in [3.63, 3.8) is 0 Å². The summed E-state index contributed by atoms with van der Waals surface area (Å²) >= 11 is 0. The first-order valence-electron chi connectivity index (χ1n) is 7.10. The molecule has 0 amide bonds. The molecule has 1 fully saturated rings. The van der Waals surface area contributed by atoms with E-state index in [0.717, 1.165) is 31.7 Å². The summed E-state index contributed by atoms with van der Waals surface area (Å²) in [5, 5.41) is 15.5. The fourth-order valence-corrected chi connectivity index (χ4v) is 2.92. The predicted octanol–water partition coefficient (Wildman–Crippen LogP) is 2.48. The van der Waals surface area contributed by atoms with Gasteiger partial charge in [-0.15, -0.1) is 0 Å². The van der Waals surface area contributed by atoms with Gasteiger partial charge < -0.3 is 5.32 Å². The van der Waals surface area contributed by atoms with Gasteiger partial charge in [0.25, 0.3) is 0 Å². The largest absolute Gasteiger partial charge is 0.314 e. The molecule has 1 aliphatic rings. The van der Waals surface area contributed by atoms with Gasteiger partial charge in [-0.25, -0.2) is 0 Å². The molecule has 2 aromatic carbocycles. The monoisotopic (exact) mass is 265 g/mol. The Morgan fingerprint density at radius 3 is 2.50 bits per heavy atom. The number of piperazine rings is 1. The highest BCUT2D eigenvalue weighted by Crippen LogP contribution is 2.30. The van der Waals surface area contributed by atoms with Crippen molar-refractivity contribution in [1.29, 1.82) is 5.26 Å². The molecule has 3 heteroatoms. The molecule has 1 atom stereocenters. The van der Waals surface area contributed by atoms with E-state index in [1.165, 1.54) is 10.8 Å². The van der Waals surface area contributed by atoms with Crippen LogP contribution in [0.5, 0.6) is 0 Å². The zero-order chi connectivity index (χ0) is 14.0. The number of fused-ring (bicyclic) bond motifs is 1.